The Morgan fingerprint density at radius 1 is 1.07 bits per heavy atom. The molecule has 0 unspecified atom stereocenters. The van der Waals surface area contributed by atoms with E-state index in [1.54, 1.807) is 13.0 Å². The molecule has 3 N–H and O–H groups in total. The number of benzene rings is 2. The fraction of sp³-hybridized carbons (Fsp3) is 0.286. The molecule has 0 aliphatic carbocycles. The van der Waals surface area contributed by atoms with Gasteiger partial charge in [0.2, 0.25) is 0 Å². The summed E-state index contributed by atoms with van der Waals surface area (Å²) >= 11 is 0. The van der Waals surface area contributed by atoms with E-state index in [0.717, 1.165) is 5.56 Å². The van der Waals surface area contributed by atoms with Crippen molar-refractivity contribution in [2.24, 2.45) is 0 Å². The number of carbonyl (C=O) groups is 3. The van der Waals surface area contributed by atoms with Gasteiger partial charge in [-0.3, -0.25) is 9.69 Å². The van der Waals surface area contributed by atoms with Crippen LogP contribution in [0.25, 0.3) is 0 Å². The van der Waals surface area contributed by atoms with Gasteiger partial charge in [-0.25, -0.2) is 14.0 Å². The van der Waals surface area contributed by atoms with E-state index in [2.05, 4.69) is 16.0 Å². The Labute approximate surface area is 174 Å². The fourth-order valence-corrected chi connectivity index (χ4v) is 2.59. The number of hydrogen-bond acceptors (Lipinski definition) is 4. The van der Waals surface area contributed by atoms with Gasteiger partial charge in [-0.1, -0.05) is 12.1 Å². The first-order chi connectivity index (χ1) is 14.4. The second-order valence-electron chi connectivity index (χ2n) is 6.34. The molecule has 0 fully saturated rings. The summed E-state index contributed by atoms with van der Waals surface area (Å²) in [4.78, 5) is 37.3. The molecule has 0 heterocycles. The zero-order valence-electron chi connectivity index (χ0n) is 16.9. The van der Waals surface area contributed by atoms with Gasteiger partial charge in [0.1, 0.15) is 12.4 Å². The summed E-state index contributed by atoms with van der Waals surface area (Å²) in [7, 11) is 0. The maximum Gasteiger partial charge on any atom is 0.326 e. The second-order valence-corrected chi connectivity index (χ2v) is 6.34. The van der Waals surface area contributed by atoms with E-state index in [-0.39, 0.29) is 26.2 Å². The van der Waals surface area contributed by atoms with E-state index in [0.29, 0.717) is 11.4 Å². The Morgan fingerprint density at radius 2 is 1.80 bits per heavy atom. The third-order valence-corrected chi connectivity index (χ3v) is 3.97. The van der Waals surface area contributed by atoms with Crippen molar-refractivity contribution in [3.05, 3.63) is 59.9 Å². The van der Waals surface area contributed by atoms with Gasteiger partial charge in [0, 0.05) is 24.5 Å². The minimum atomic E-state index is -0.568. The highest BCUT2D eigenvalue weighted by atomic mass is 19.1. The molecule has 0 radical (unpaired) electrons. The first kappa shape index (κ1) is 22.7. The summed E-state index contributed by atoms with van der Waals surface area (Å²) < 4.78 is 18.0. The molecule has 4 amide bonds. The molecule has 0 aliphatic heterocycles. The Balaban J connectivity index is 1.98. The largest absolute Gasteiger partial charge is 0.465 e. The molecule has 0 spiro atoms. The van der Waals surface area contributed by atoms with Crippen molar-refractivity contribution in [2.45, 2.75) is 13.8 Å². The highest BCUT2D eigenvalue weighted by Gasteiger charge is 2.16. The van der Waals surface area contributed by atoms with Gasteiger partial charge in [-0.05, 0) is 55.8 Å². The van der Waals surface area contributed by atoms with Crippen LogP contribution in [0.3, 0.4) is 0 Å². The molecular formula is C21H25FN4O4. The summed E-state index contributed by atoms with van der Waals surface area (Å²) in [5, 5.41) is 7.73. The normalized spacial score (nSPS) is 10.1. The summed E-state index contributed by atoms with van der Waals surface area (Å²) in [5.74, 6) is -0.965. The third kappa shape index (κ3) is 7.42. The lowest BCUT2D eigenvalue weighted by Crippen LogP contribution is -2.44. The van der Waals surface area contributed by atoms with Crippen molar-refractivity contribution < 1.29 is 23.5 Å². The maximum absolute atomic E-state index is 13.3. The average molecular weight is 416 g/mol. The predicted octanol–water partition coefficient (Wildman–Crippen LogP) is 3.03. The molecule has 0 aromatic heterocycles. The number of nitrogens with zero attached hydrogens (tertiary/aromatic N) is 1. The number of anilines is 2. The minimum Gasteiger partial charge on any atom is -0.465 e. The van der Waals surface area contributed by atoms with Gasteiger partial charge in [-0.2, -0.15) is 0 Å². The molecule has 8 nitrogen and oxygen atoms in total. The number of nitrogens with one attached hydrogen (secondary N) is 3. The molecule has 0 saturated carbocycles. The Bertz CT molecular complexity index is 874. The third-order valence-electron chi connectivity index (χ3n) is 3.97. The van der Waals surface area contributed by atoms with E-state index >= 15 is 0 Å². The fourth-order valence-electron chi connectivity index (χ4n) is 2.59. The van der Waals surface area contributed by atoms with Gasteiger partial charge in [0.25, 0.3) is 0 Å². The molecule has 9 heteroatoms. The summed E-state index contributed by atoms with van der Waals surface area (Å²) in [6.07, 6.45) is 0. The lowest BCUT2D eigenvalue weighted by atomic mass is 10.2. The Hall–Kier alpha value is -3.62. The first-order valence-corrected chi connectivity index (χ1v) is 9.47. The Kier molecular flexibility index (Phi) is 8.61. The molecular weight excluding hydrogens is 391 g/mol. The van der Waals surface area contributed by atoms with E-state index < -0.39 is 23.8 Å². The van der Waals surface area contributed by atoms with Crippen molar-refractivity contribution in [3.8, 4) is 0 Å². The second kappa shape index (κ2) is 11.4. The molecule has 0 bridgehead atoms. The van der Waals surface area contributed by atoms with Crippen LogP contribution in [0.5, 0.6) is 0 Å². The smallest absolute Gasteiger partial charge is 0.326 e. The molecule has 2 rings (SSSR count). The number of carbonyl (C=O) groups excluding carboxylic acids is 3. The van der Waals surface area contributed by atoms with Crippen LogP contribution in [0, 0.1) is 12.7 Å². The van der Waals surface area contributed by atoms with Crippen LogP contribution in [0.2, 0.25) is 0 Å². The average Bonchev–Trinajstić information content (AvgIpc) is 2.71. The molecule has 2 aromatic rings. The molecule has 0 saturated heterocycles. The van der Waals surface area contributed by atoms with Crippen LogP contribution < -0.4 is 20.9 Å². The minimum absolute atomic E-state index is 0.104. The maximum atomic E-state index is 13.3. The lowest BCUT2D eigenvalue weighted by Gasteiger charge is -2.23. The van der Waals surface area contributed by atoms with Crippen molar-refractivity contribution in [2.75, 3.05) is 36.5 Å². The van der Waals surface area contributed by atoms with Gasteiger partial charge in [-0.15, -0.1) is 0 Å². The van der Waals surface area contributed by atoms with E-state index in [4.69, 9.17) is 4.74 Å². The first-order valence-electron chi connectivity index (χ1n) is 9.47. The van der Waals surface area contributed by atoms with Crippen LogP contribution in [0.4, 0.5) is 25.4 Å². The van der Waals surface area contributed by atoms with Crippen LogP contribution in [-0.4, -0.2) is 44.3 Å². The lowest BCUT2D eigenvalue weighted by molar-refractivity contribution is -0.141. The molecule has 30 heavy (non-hydrogen) atoms. The van der Waals surface area contributed by atoms with Crippen molar-refractivity contribution >= 4 is 29.4 Å². The van der Waals surface area contributed by atoms with Crippen molar-refractivity contribution in [1.82, 2.24) is 10.6 Å². The number of hydrogen-bond donors (Lipinski definition) is 3. The number of urea groups is 2. The topological polar surface area (TPSA) is 99.8 Å². The number of esters is 1. The molecule has 160 valence electrons. The summed E-state index contributed by atoms with van der Waals surface area (Å²) in [6, 6.07) is 11.8. The molecule has 0 atom stereocenters. The summed E-state index contributed by atoms with van der Waals surface area (Å²) in [6.45, 7) is 3.78. The van der Waals surface area contributed by atoms with E-state index in [9.17, 15) is 18.8 Å². The van der Waals surface area contributed by atoms with E-state index in [1.807, 2.05) is 25.1 Å². The highest BCUT2D eigenvalue weighted by molar-refractivity contribution is 6.01. The van der Waals surface area contributed by atoms with Crippen molar-refractivity contribution in [3.63, 3.8) is 0 Å². The van der Waals surface area contributed by atoms with Crippen LogP contribution in [0.15, 0.2) is 48.5 Å². The van der Waals surface area contributed by atoms with Gasteiger partial charge in [0.15, 0.2) is 0 Å². The van der Waals surface area contributed by atoms with Crippen LogP contribution in [-0.2, 0) is 9.53 Å². The zero-order valence-corrected chi connectivity index (χ0v) is 16.9. The monoisotopic (exact) mass is 416 g/mol. The number of halogens is 1. The van der Waals surface area contributed by atoms with Gasteiger partial charge >= 0.3 is 18.0 Å². The number of rotatable bonds is 8. The van der Waals surface area contributed by atoms with Crippen LogP contribution >= 0.6 is 0 Å². The van der Waals surface area contributed by atoms with E-state index in [1.165, 1.54) is 29.2 Å². The van der Waals surface area contributed by atoms with Gasteiger partial charge < -0.3 is 20.7 Å². The quantitative estimate of drug-likeness (QED) is 0.576. The number of amides is 4. The highest BCUT2D eigenvalue weighted by Crippen LogP contribution is 2.17. The van der Waals surface area contributed by atoms with Gasteiger partial charge in [0.05, 0.1) is 6.61 Å². The molecule has 2 aromatic carbocycles. The Morgan fingerprint density at radius 3 is 2.47 bits per heavy atom. The predicted molar refractivity (Wildman–Crippen MR) is 112 cm³/mol. The van der Waals surface area contributed by atoms with Crippen LogP contribution in [0.1, 0.15) is 12.5 Å². The zero-order chi connectivity index (χ0) is 21.9. The summed E-state index contributed by atoms with van der Waals surface area (Å²) in [5.41, 5.74) is 2.07. The standard InChI is InChI=1S/C21H25FN4O4/c1-3-30-19(27)14-24-20(28)23-11-12-26(18-9-7-16(22)8-10-18)21(29)25-17-6-4-5-15(2)13-17/h4-10,13H,3,11-12,14H2,1-2H3,(H,25,29)(H2,23,24,28). The number of aryl methyl sites for hydroxylation is 1. The number of ether oxygens (including phenoxy) is 1. The van der Waals surface area contributed by atoms with Crippen molar-refractivity contribution in [1.29, 1.82) is 0 Å². The molecule has 0 aliphatic rings. The SMILES string of the molecule is CCOC(=O)CNC(=O)NCCN(C(=O)Nc1cccc(C)c1)c1ccc(F)cc1.